The van der Waals surface area contributed by atoms with Crippen molar-refractivity contribution in [3.05, 3.63) is 76.3 Å². The molecule has 42 heavy (non-hydrogen) atoms. The molecule has 1 fully saturated rings. The Labute approximate surface area is 254 Å². The molecule has 1 aliphatic carbocycles. The van der Waals surface area contributed by atoms with E-state index >= 15 is 0 Å². The van der Waals surface area contributed by atoms with Gasteiger partial charge in [0.05, 0.1) is 29.9 Å². The van der Waals surface area contributed by atoms with Crippen molar-refractivity contribution in [3.63, 3.8) is 0 Å². The maximum atomic E-state index is 14.1. The van der Waals surface area contributed by atoms with Crippen molar-refractivity contribution in [2.45, 2.75) is 76.6 Å². The van der Waals surface area contributed by atoms with E-state index in [1.165, 1.54) is 0 Å². The topological polar surface area (TPSA) is 105 Å². The van der Waals surface area contributed by atoms with Crippen LogP contribution in [0.5, 0.6) is 0 Å². The Kier molecular flexibility index (Phi) is 10.1. The molecule has 3 amide bonds. The molecule has 8 nitrogen and oxygen atoms in total. The third-order valence-electron chi connectivity index (χ3n) is 8.46. The third-order valence-corrected chi connectivity index (χ3v) is 8.72. The largest absolute Gasteiger partial charge is 0.374 e. The summed E-state index contributed by atoms with van der Waals surface area (Å²) in [5.74, 6) is -0.765. The lowest BCUT2D eigenvalue weighted by Crippen LogP contribution is -2.58. The number of halogens is 1. The van der Waals surface area contributed by atoms with E-state index in [2.05, 4.69) is 5.32 Å². The summed E-state index contributed by atoms with van der Waals surface area (Å²) in [4.78, 5) is 44.5. The van der Waals surface area contributed by atoms with Gasteiger partial charge in [-0.2, -0.15) is 0 Å². The Balaban J connectivity index is 1.66. The molecule has 9 heteroatoms. The van der Waals surface area contributed by atoms with Crippen LogP contribution >= 0.6 is 11.6 Å². The fraction of sp³-hybridized carbons (Fsp3) is 0.485. The van der Waals surface area contributed by atoms with Crippen molar-refractivity contribution < 1.29 is 19.1 Å². The first-order valence-electron chi connectivity index (χ1n) is 14.8. The van der Waals surface area contributed by atoms with Crippen LogP contribution in [0.4, 0.5) is 0 Å². The predicted octanol–water partition coefficient (Wildman–Crippen LogP) is 4.56. The smallest absolute Gasteiger partial charge is 0.255 e. The van der Waals surface area contributed by atoms with Gasteiger partial charge in [0.15, 0.2) is 0 Å². The minimum atomic E-state index is -1.17. The van der Waals surface area contributed by atoms with Crippen LogP contribution in [0.3, 0.4) is 0 Å². The molecule has 1 spiro atoms. The molecule has 226 valence electrons. The standard InChI is InChI=1S/C33H43ClN4O4/c1-5-38(29(39)27(36-31(41)32(2,3)35)22-42-21-23-12-8-6-9-13-23)20-26-28(24-14-16-25(34)17-15-24)30(40)37(4)33(26)18-10-7-11-19-33/h6,8-9,12-17,27H,5,7,10-11,18-22,35H2,1-4H3,(H,36,41)/t27-/m1/s1. The highest BCUT2D eigenvalue weighted by molar-refractivity contribution is 6.31. The number of likely N-dealkylation sites (N-methyl/N-ethyl adjacent to an activating group) is 2. The molecule has 1 atom stereocenters. The van der Waals surface area contributed by atoms with Crippen LogP contribution in [0, 0.1) is 0 Å². The van der Waals surface area contributed by atoms with Gasteiger partial charge in [0.1, 0.15) is 6.04 Å². The molecule has 0 saturated heterocycles. The van der Waals surface area contributed by atoms with Gasteiger partial charge in [-0.3, -0.25) is 14.4 Å². The molecule has 1 aliphatic heterocycles. The number of ether oxygens (including phenoxy) is 1. The first kappa shape index (κ1) is 31.7. The van der Waals surface area contributed by atoms with Crippen LogP contribution in [-0.2, 0) is 25.7 Å². The van der Waals surface area contributed by atoms with E-state index in [-0.39, 0.29) is 25.0 Å². The number of nitrogens with two attached hydrogens (primary N) is 1. The number of hydrogen-bond acceptors (Lipinski definition) is 5. The van der Waals surface area contributed by atoms with Crippen LogP contribution < -0.4 is 11.1 Å². The SMILES string of the molecule is CCN(CC1=C(c2ccc(Cl)cc2)C(=O)N(C)C12CCCCC2)C(=O)[C@@H](COCc1ccccc1)NC(=O)C(C)(C)N. The molecule has 1 heterocycles. The lowest BCUT2D eigenvalue weighted by atomic mass is 9.75. The second-order valence-corrected chi connectivity index (χ2v) is 12.4. The number of carbonyl (C=O) groups excluding carboxylic acids is 3. The summed E-state index contributed by atoms with van der Waals surface area (Å²) >= 11 is 6.18. The van der Waals surface area contributed by atoms with E-state index in [1.807, 2.05) is 61.3 Å². The quantitative estimate of drug-likeness (QED) is 0.397. The highest BCUT2D eigenvalue weighted by Crippen LogP contribution is 2.48. The van der Waals surface area contributed by atoms with E-state index < -0.39 is 23.0 Å². The van der Waals surface area contributed by atoms with Crippen LogP contribution in [0.25, 0.3) is 5.57 Å². The van der Waals surface area contributed by atoms with Crippen LogP contribution in [0.1, 0.15) is 64.0 Å². The number of hydrogen-bond donors (Lipinski definition) is 2. The average molecular weight is 595 g/mol. The summed E-state index contributed by atoms with van der Waals surface area (Å²) in [6.45, 7) is 6.05. The summed E-state index contributed by atoms with van der Waals surface area (Å²) in [5.41, 5.74) is 7.76. The summed E-state index contributed by atoms with van der Waals surface area (Å²) < 4.78 is 5.94. The van der Waals surface area contributed by atoms with Gasteiger partial charge in [0.25, 0.3) is 5.91 Å². The zero-order chi connectivity index (χ0) is 30.5. The maximum Gasteiger partial charge on any atom is 0.255 e. The van der Waals surface area contributed by atoms with E-state index in [0.29, 0.717) is 23.7 Å². The number of nitrogens with one attached hydrogen (secondary N) is 1. The van der Waals surface area contributed by atoms with Gasteiger partial charge in [0, 0.05) is 25.2 Å². The molecular formula is C33H43ClN4O4. The minimum absolute atomic E-state index is 0.0148. The van der Waals surface area contributed by atoms with E-state index in [9.17, 15) is 14.4 Å². The van der Waals surface area contributed by atoms with Gasteiger partial charge >= 0.3 is 0 Å². The normalized spacial score (nSPS) is 17.5. The summed E-state index contributed by atoms with van der Waals surface area (Å²) in [6, 6.07) is 16.0. The monoisotopic (exact) mass is 594 g/mol. The van der Waals surface area contributed by atoms with Crippen LogP contribution in [0.2, 0.25) is 5.02 Å². The van der Waals surface area contributed by atoms with Crippen LogP contribution in [-0.4, -0.2) is 71.4 Å². The van der Waals surface area contributed by atoms with Crippen molar-refractivity contribution in [2.24, 2.45) is 5.73 Å². The second-order valence-electron chi connectivity index (χ2n) is 11.9. The minimum Gasteiger partial charge on any atom is -0.374 e. The third kappa shape index (κ3) is 6.88. The molecule has 2 aliphatic rings. The molecule has 0 unspecified atom stereocenters. The van der Waals surface area contributed by atoms with Crippen molar-refractivity contribution in [2.75, 3.05) is 26.7 Å². The van der Waals surface area contributed by atoms with Gasteiger partial charge in [-0.25, -0.2) is 0 Å². The number of rotatable bonds is 11. The molecule has 2 aromatic rings. The van der Waals surface area contributed by atoms with Gasteiger partial charge in [-0.1, -0.05) is 73.3 Å². The Morgan fingerprint density at radius 3 is 2.33 bits per heavy atom. The lowest BCUT2D eigenvalue weighted by molar-refractivity contribution is -0.139. The fourth-order valence-corrected chi connectivity index (χ4v) is 6.11. The summed E-state index contributed by atoms with van der Waals surface area (Å²) in [5, 5.41) is 3.42. The van der Waals surface area contributed by atoms with E-state index in [1.54, 1.807) is 30.9 Å². The first-order chi connectivity index (χ1) is 20.0. The van der Waals surface area contributed by atoms with Crippen molar-refractivity contribution in [1.29, 1.82) is 0 Å². The zero-order valence-electron chi connectivity index (χ0n) is 25.1. The number of carbonyl (C=O) groups is 3. The van der Waals surface area contributed by atoms with E-state index in [4.69, 9.17) is 22.1 Å². The Bertz CT molecular complexity index is 1300. The van der Waals surface area contributed by atoms with Gasteiger partial charge in [-0.15, -0.1) is 0 Å². The van der Waals surface area contributed by atoms with Gasteiger partial charge in [-0.05, 0) is 62.4 Å². The molecule has 0 bridgehead atoms. The van der Waals surface area contributed by atoms with Crippen molar-refractivity contribution >= 4 is 34.9 Å². The summed E-state index contributed by atoms with van der Waals surface area (Å²) in [6.07, 6.45) is 4.81. The Morgan fingerprint density at radius 1 is 1.10 bits per heavy atom. The molecule has 4 rings (SSSR count). The lowest BCUT2D eigenvalue weighted by Gasteiger charge is -2.43. The van der Waals surface area contributed by atoms with Crippen molar-refractivity contribution in [3.8, 4) is 0 Å². The molecule has 1 saturated carbocycles. The van der Waals surface area contributed by atoms with Gasteiger partial charge < -0.3 is 25.6 Å². The number of nitrogens with zero attached hydrogens (tertiary/aromatic N) is 2. The van der Waals surface area contributed by atoms with Crippen LogP contribution in [0.15, 0.2) is 60.2 Å². The Hall–Kier alpha value is -3.20. The summed E-state index contributed by atoms with van der Waals surface area (Å²) in [7, 11) is 1.87. The highest BCUT2D eigenvalue weighted by atomic mass is 35.5. The van der Waals surface area contributed by atoms with Crippen molar-refractivity contribution in [1.82, 2.24) is 15.1 Å². The van der Waals surface area contributed by atoms with Gasteiger partial charge in [0.2, 0.25) is 11.8 Å². The zero-order valence-corrected chi connectivity index (χ0v) is 25.9. The molecule has 0 radical (unpaired) electrons. The number of amides is 3. The average Bonchev–Trinajstić information content (AvgIpc) is 3.16. The maximum absolute atomic E-state index is 14.1. The second kappa shape index (κ2) is 13.4. The fourth-order valence-electron chi connectivity index (χ4n) is 5.99. The molecule has 2 aromatic carbocycles. The molecule has 0 aromatic heterocycles. The molecular weight excluding hydrogens is 552 g/mol. The Morgan fingerprint density at radius 2 is 1.74 bits per heavy atom. The first-order valence-corrected chi connectivity index (χ1v) is 15.1. The predicted molar refractivity (Wildman–Crippen MR) is 166 cm³/mol. The highest BCUT2D eigenvalue weighted by Gasteiger charge is 2.50. The molecule has 3 N–H and O–H groups in total. The number of benzene rings is 2. The van der Waals surface area contributed by atoms with E-state index in [0.717, 1.165) is 48.8 Å².